The number of hydrogen-bond donors (Lipinski definition) is 2. The van der Waals surface area contributed by atoms with Gasteiger partial charge in [-0.2, -0.15) is 10.2 Å². The second kappa shape index (κ2) is 7.34. The molecule has 1 aliphatic carbocycles. The van der Waals surface area contributed by atoms with Gasteiger partial charge in [0.1, 0.15) is 18.1 Å². The van der Waals surface area contributed by atoms with Gasteiger partial charge in [0.2, 0.25) is 0 Å². The van der Waals surface area contributed by atoms with Crippen LogP contribution in [0.5, 0.6) is 0 Å². The number of carbonyl (C=O) groups is 1. The van der Waals surface area contributed by atoms with Crippen LogP contribution in [0.2, 0.25) is 0 Å². The molecule has 1 saturated carbocycles. The van der Waals surface area contributed by atoms with Crippen molar-refractivity contribution in [2.75, 3.05) is 0 Å². The molecule has 142 valence electrons. The monoisotopic (exact) mass is 368 g/mol. The Labute approximate surface area is 157 Å². The predicted molar refractivity (Wildman–Crippen MR) is 98.1 cm³/mol. The lowest BCUT2D eigenvalue weighted by atomic mass is 9.79. The van der Waals surface area contributed by atoms with Crippen molar-refractivity contribution in [3.63, 3.8) is 0 Å². The summed E-state index contributed by atoms with van der Waals surface area (Å²) in [5, 5.41) is 22.9. The molecule has 2 N–H and O–H groups in total. The number of hydrogen-bond acceptors (Lipinski definition) is 5. The third-order valence-electron chi connectivity index (χ3n) is 5.08. The number of nitrogens with zero attached hydrogens (tertiary/aromatic N) is 6. The topological polar surface area (TPSA) is 106 Å². The standard InChI is InChI=1S/C18H24N8O/c1-3-5-13-10-15(22-21-13)18(27)20-14-8-12(9-14)17-24-23-16(25(17)2)11-26-7-4-6-19-26/h4,6-7,10,12,14H,3,5,8-9,11H2,1-2H3,(H,20,27)(H,21,22). The first-order valence-electron chi connectivity index (χ1n) is 9.34. The SMILES string of the molecule is CCCc1cc(C(=O)NC2CC(c3nnc(Cn4cccn4)n3C)C2)n[nH]1. The summed E-state index contributed by atoms with van der Waals surface area (Å²) < 4.78 is 3.86. The first kappa shape index (κ1) is 17.4. The number of amides is 1. The largest absolute Gasteiger partial charge is 0.348 e. The van der Waals surface area contributed by atoms with E-state index in [1.807, 2.05) is 34.6 Å². The molecule has 9 heteroatoms. The van der Waals surface area contributed by atoms with Gasteiger partial charge in [-0.05, 0) is 31.4 Å². The molecule has 0 radical (unpaired) electrons. The summed E-state index contributed by atoms with van der Waals surface area (Å²) in [7, 11) is 1.99. The van der Waals surface area contributed by atoms with Crippen molar-refractivity contribution < 1.29 is 4.79 Å². The van der Waals surface area contributed by atoms with Gasteiger partial charge in [-0.25, -0.2) is 0 Å². The lowest BCUT2D eigenvalue weighted by molar-refractivity contribution is 0.0901. The van der Waals surface area contributed by atoms with E-state index >= 15 is 0 Å². The minimum Gasteiger partial charge on any atom is -0.348 e. The average molecular weight is 368 g/mol. The van der Waals surface area contributed by atoms with Crippen molar-refractivity contribution in [1.82, 2.24) is 40.1 Å². The van der Waals surface area contributed by atoms with Crippen LogP contribution in [0.25, 0.3) is 0 Å². The summed E-state index contributed by atoms with van der Waals surface area (Å²) in [5.74, 6) is 2.04. The van der Waals surface area contributed by atoms with E-state index in [0.29, 0.717) is 18.2 Å². The maximum absolute atomic E-state index is 12.3. The fourth-order valence-electron chi connectivity index (χ4n) is 3.49. The summed E-state index contributed by atoms with van der Waals surface area (Å²) in [6, 6.07) is 3.88. The Morgan fingerprint density at radius 3 is 2.96 bits per heavy atom. The normalized spacial score (nSPS) is 19.0. The van der Waals surface area contributed by atoms with E-state index in [1.165, 1.54) is 0 Å². The summed E-state index contributed by atoms with van der Waals surface area (Å²) in [6.07, 6.45) is 7.31. The van der Waals surface area contributed by atoms with Crippen molar-refractivity contribution >= 4 is 5.91 Å². The van der Waals surface area contributed by atoms with Crippen LogP contribution in [0.4, 0.5) is 0 Å². The lowest BCUT2D eigenvalue weighted by Gasteiger charge is -2.34. The fourth-order valence-corrected chi connectivity index (χ4v) is 3.49. The van der Waals surface area contributed by atoms with Crippen LogP contribution in [0.15, 0.2) is 24.5 Å². The first-order valence-corrected chi connectivity index (χ1v) is 9.34. The molecule has 0 unspecified atom stereocenters. The van der Waals surface area contributed by atoms with Gasteiger partial charge in [0.05, 0.1) is 0 Å². The van der Waals surface area contributed by atoms with Crippen LogP contribution >= 0.6 is 0 Å². The predicted octanol–water partition coefficient (Wildman–Crippen LogP) is 1.41. The summed E-state index contributed by atoms with van der Waals surface area (Å²) in [4.78, 5) is 12.3. The summed E-state index contributed by atoms with van der Waals surface area (Å²) in [6.45, 7) is 2.70. The molecule has 0 aromatic carbocycles. The van der Waals surface area contributed by atoms with Gasteiger partial charge in [0.15, 0.2) is 5.82 Å². The van der Waals surface area contributed by atoms with Crippen LogP contribution in [-0.2, 0) is 20.0 Å². The molecule has 3 heterocycles. The third-order valence-corrected chi connectivity index (χ3v) is 5.08. The minimum atomic E-state index is -0.116. The van der Waals surface area contributed by atoms with Gasteiger partial charge >= 0.3 is 0 Å². The van der Waals surface area contributed by atoms with E-state index in [-0.39, 0.29) is 11.9 Å². The van der Waals surface area contributed by atoms with Crippen LogP contribution in [0.1, 0.15) is 59.9 Å². The molecule has 0 spiro atoms. The Bertz CT molecular complexity index is 904. The highest BCUT2D eigenvalue weighted by Crippen LogP contribution is 2.36. The van der Waals surface area contributed by atoms with Crippen LogP contribution in [-0.4, -0.2) is 46.7 Å². The number of H-pyrrole nitrogens is 1. The number of aryl methyl sites for hydroxylation is 1. The molecule has 0 saturated heterocycles. The zero-order valence-corrected chi connectivity index (χ0v) is 15.6. The molecule has 1 fully saturated rings. The van der Waals surface area contributed by atoms with Crippen molar-refractivity contribution in [3.8, 4) is 0 Å². The molecule has 1 amide bonds. The van der Waals surface area contributed by atoms with Crippen molar-refractivity contribution in [1.29, 1.82) is 0 Å². The van der Waals surface area contributed by atoms with E-state index in [2.05, 4.69) is 37.7 Å². The van der Waals surface area contributed by atoms with Crippen LogP contribution in [0, 0.1) is 0 Å². The van der Waals surface area contributed by atoms with Crippen LogP contribution in [0.3, 0.4) is 0 Å². The van der Waals surface area contributed by atoms with Crippen molar-refractivity contribution in [3.05, 3.63) is 47.6 Å². The number of nitrogens with one attached hydrogen (secondary N) is 2. The zero-order chi connectivity index (χ0) is 18.8. The number of aromatic amines is 1. The quantitative estimate of drug-likeness (QED) is 0.656. The van der Waals surface area contributed by atoms with E-state index < -0.39 is 0 Å². The number of rotatable bonds is 7. The second-order valence-corrected chi connectivity index (χ2v) is 7.10. The Morgan fingerprint density at radius 2 is 2.22 bits per heavy atom. The molecule has 1 aliphatic rings. The van der Waals surface area contributed by atoms with Crippen LogP contribution < -0.4 is 5.32 Å². The van der Waals surface area contributed by atoms with Gasteiger partial charge in [0, 0.05) is 37.1 Å². The smallest absolute Gasteiger partial charge is 0.271 e. The van der Waals surface area contributed by atoms with E-state index in [9.17, 15) is 4.79 Å². The van der Waals surface area contributed by atoms with E-state index in [0.717, 1.165) is 43.0 Å². The molecule has 0 aliphatic heterocycles. The maximum Gasteiger partial charge on any atom is 0.271 e. The molecular weight excluding hydrogens is 344 g/mol. The van der Waals surface area contributed by atoms with Gasteiger partial charge in [-0.1, -0.05) is 13.3 Å². The van der Waals surface area contributed by atoms with Gasteiger partial charge in [-0.15, -0.1) is 10.2 Å². The second-order valence-electron chi connectivity index (χ2n) is 7.10. The fraction of sp³-hybridized carbons (Fsp3) is 0.500. The minimum absolute atomic E-state index is 0.116. The highest BCUT2D eigenvalue weighted by Gasteiger charge is 2.35. The first-order chi connectivity index (χ1) is 13.1. The number of carbonyl (C=O) groups excluding carboxylic acids is 1. The Morgan fingerprint density at radius 1 is 1.37 bits per heavy atom. The van der Waals surface area contributed by atoms with E-state index in [1.54, 1.807) is 6.20 Å². The number of aromatic nitrogens is 7. The molecule has 4 rings (SSSR count). The maximum atomic E-state index is 12.3. The van der Waals surface area contributed by atoms with Crippen molar-refractivity contribution in [2.24, 2.45) is 7.05 Å². The highest BCUT2D eigenvalue weighted by molar-refractivity contribution is 5.92. The molecular formula is C18H24N8O. The van der Waals surface area contributed by atoms with Gasteiger partial charge in [-0.3, -0.25) is 14.6 Å². The van der Waals surface area contributed by atoms with E-state index in [4.69, 9.17) is 0 Å². The molecule has 0 atom stereocenters. The molecule has 3 aromatic heterocycles. The molecule has 0 bridgehead atoms. The summed E-state index contributed by atoms with van der Waals surface area (Å²) in [5.41, 5.74) is 1.46. The average Bonchev–Trinajstić information content (AvgIpc) is 3.35. The Hall–Kier alpha value is -2.97. The highest BCUT2D eigenvalue weighted by atomic mass is 16.2. The lowest BCUT2D eigenvalue weighted by Crippen LogP contribution is -2.44. The third kappa shape index (κ3) is 3.62. The molecule has 9 nitrogen and oxygen atoms in total. The summed E-state index contributed by atoms with van der Waals surface area (Å²) >= 11 is 0. The van der Waals surface area contributed by atoms with Gasteiger partial charge < -0.3 is 9.88 Å². The van der Waals surface area contributed by atoms with Crippen molar-refractivity contribution in [2.45, 2.75) is 51.1 Å². The Kier molecular flexibility index (Phi) is 4.74. The molecule has 3 aromatic rings. The Balaban J connectivity index is 1.31. The molecule has 27 heavy (non-hydrogen) atoms. The zero-order valence-electron chi connectivity index (χ0n) is 15.6. The van der Waals surface area contributed by atoms with Gasteiger partial charge in [0.25, 0.3) is 5.91 Å².